The molecule has 4 rings (SSSR count). The molecule has 10 heteroatoms. The quantitative estimate of drug-likeness (QED) is 0.530. The van der Waals surface area contributed by atoms with Crippen molar-refractivity contribution in [2.24, 2.45) is 0 Å². The molecule has 3 aromatic rings. The van der Waals surface area contributed by atoms with Crippen molar-refractivity contribution in [3.05, 3.63) is 68.7 Å². The Bertz CT molecular complexity index is 1150. The Morgan fingerprint density at radius 3 is 2.65 bits per heavy atom. The van der Waals surface area contributed by atoms with Crippen LogP contribution in [0.1, 0.15) is 32.1 Å². The largest absolute Gasteiger partial charge is 0.486 e. The van der Waals surface area contributed by atoms with Crippen LogP contribution in [0.5, 0.6) is 11.5 Å². The van der Waals surface area contributed by atoms with Crippen molar-refractivity contribution in [3.8, 4) is 11.5 Å². The number of carbonyl (C=O) groups is 1. The minimum absolute atomic E-state index is 0.173. The number of aromatic nitrogens is 1. The first-order valence-electron chi connectivity index (χ1n) is 9.23. The normalized spacial score (nSPS) is 13.2. The lowest BCUT2D eigenvalue weighted by Crippen LogP contribution is -2.17. The molecule has 1 N–H and O–H groups in total. The predicted molar refractivity (Wildman–Crippen MR) is 111 cm³/mol. The highest BCUT2D eigenvalue weighted by Crippen LogP contribution is 2.35. The Hall–Kier alpha value is -2.78. The van der Waals surface area contributed by atoms with Crippen molar-refractivity contribution in [2.45, 2.75) is 19.5 Å². The summed E-state index contributed by atoms with van der Waals surface area (Å²) in [6.07, 6.45) is -4.28. The third-order valence-corrected chi connectivity index (χ3v) is 6.08. The van der Waals surface area contributed by atoms with Gasteiger partial charge in [0.05, 0.1) is 11.3 Å². The third kappa shape index (κ3) is 4.77. The number of alkyl halides is 3. The van der Waals surface area contributed by atoms with Crippen molar-refractivity contribution in [3.63, 3.8) is 0 Å². The lowest BCUT2D eigenvalue weighted by Gasteiger charge is -2.18. The van der Waals surface area contributed by atoms with Gasteiger partial charge in [-0.05, 0) is 48.9 Å². The van der Waals surface area contributed by atoms with Crippen molar-refractivity contribution < 1.29 is 27.4 Å². The summed E-state index contributed by atoms with van der Waals surface area (Å²) >= 11 is 7.29. The number of rotatable bonds is 4. The monoisotopic (exact) mass is 468 g/mol. The molecule has 0 aliphatic carbocycles. The van der Waals surface area contributed by atoms with Crippen molar-refractivity contribution in [1.82, 2.24) is 4.98 Å². The van der Waals surface area contributed by atoms with Crippen LogP contribution in [0.3, 0.4) is 0 Å². The maximum Gasteiger partial charge on any atom is 0.416 e. The van der Waals surface area contributed by atoms with Gasteiger partial charge in [-0.15, -0.1) is 11.3 Å². The Labute approximate surface area is 184 Å². The highest BCUT2D eigenvalue weighted by atomic mass is 35.5. The molecule has 0 spiro atoms. The van der Waals surface area contributed by atoms with Crippen molar-refractivity contribution in [2.75, 3.05) is 18.5 Å². The van der Waals surface area contributed by atoms with Gasteiger partial charge in [0.15, 0.2) is 16.6 Å². The van der Waals surface area contributed by atoms with Crippen LogP contribution in [0.2, 0.25) is 5.02 Å². The molecule has 0 radical (unpaired) electrons. The number of thiazole rings is 1. The average molecular weight is 469 g/mol. The number of aryl methyl sites for hydroxylation is 1. The summed E-state index contributed by atoms with van der Waals surface area (Å²) in [6.45, 7) is 2.59. The third-order valence-electron chi connectivity index (χ3n) is 4.64. The molecule has 0 bridgehead atoms. The van der Waals surface area contributed by atoms with Gasteiger partial charge in [0.2, 0.25) is 0 Å². The maximum absolute atomic E-state index is 13.0. The van der Waals surface area contributed by atoms with E-state index in [-0.39, 0.29) is 17.4 Å². The van der Waals surface area contributed by atoms with E-state index in [9.17, 15) is 18.0 Å². The molecule has 1 amide bonds. The maximum atomic E-state index is 13.0. The topological polar surface area (TPSA) is 60.5 Å². The Morgan fingerprint density at radius 2 is 1.90 bits per heavy atom. The molecule has 1 aromatic heterocycles. The Kier molecular flexibility index (Phi) is 5.81. The van der Waals surface area contributed by atoms with E-state index in [1.54, 1.807) is 25.1 Å². The first-order valence-corrected chi connectivity index (χ1v) is 10.4. The first-order chi connectivity index (χ1) is 14.7. The summed E-state index contributed by atoms with van der Waals surface area (Å²) in [7, 11) is 0. The van der Waals surface area contributed by atoms with E-state index in [1.165, 1.54) is 17.4 Å². The number of carbonyl (C=O) groups excluding carboxylic acids is 1. The minimum Gasteiger partial charge on any atom is -0.486 e. The molecule has 1 aliphatic rings. The highest BCUT2D eigenvalue weighted by molar-refractivity contribution is 7.15. The average Bonchev–Trinajstić information content (AvgIpc) is 3.07. The van der Waals surface area contributed by atoms with Gasteiger partial charge in [-0.25, -0.2) is 4.98 Å². The number of halogens is 4. The fourth-order valence-corrected chi connectivity index (χ4v) is 4.22. The fraction of sp³-hybridized carbons (Fsp3) is 0.238. The number of hydrogen-bond donors (Lipinski definition) is 1. The molecule has 2 aromatic carbocycles. The second-order valence-electron chi connectivity index (χ2n) is 6.82. The molecule has 2 heterocycles. The van der Waals surface area contributed by atoms with Gasteiger partial charge in [-0.3, -0.25) is 10.1 Å². The molecule has 0 saturated carbocycles. The molecular formula is C21H16ClF3N2O3S. The van der Waals surface area contributed by atoms with Crippen LogP contribution in [-0.2, 0) is 12.6 Å². The first kappa shape index (κ1) is 21.5. The van der Waals surface area contributed by atoms with Gasteiger partial charge in [0.25, 0.3) is 5.91 Å². The lowest BCUT2D eigenvalue weighted by atomic mass is 10.1. The van der Waals surface area contributed by atoms with E-state index in [1.807, 2.05) is 0 Å². The summed E-state index contributed by atoms with van der Waals surface area (Å²) in [5, 5.41) is 3.30. The van der Waals surface area contributed by atoms with Gasteiger partial charge in [-0.2, -0.15) is 13.2 Å². The number of nitrogens with one attached hydrogen (secondary N) is 1. The SMILES string of the molecule is Cc1nc(NC(=O)c2ccc3c(c2)OCCO3)sc1Cc1cc(C(F)(F)F)ccc1Cl. The molecule has 0 atom stereocenters. The zero-order valence-electron chi connectivity index (χ0n) is 16.2. The predicted octanol–water partition coefficient (Wildman–Crippen LogP) is 5.74. The minimum atomic E-state index is -4.45. The summed E-state index contributed by atoms with van der Waals surface area (Å²) in [4.78, 5) is 17.6. The zero-order chi connectivity index (χ0) is 22.2. The van der Waals surface area contributed by atoms with Crippen LogP contribution < -0.4 is 14.8 Å². The van der Waals surface area contributed by atoms with Gasteiger partial charge < -0.3 is 9.47 Å². The summed E-state index contributed by atoms with van der Waals surface area (Å²) in [5.74, 6) is 0.691. The lowest BCUT2D eigenvalue weighted by molar-refractivity contribution is -0.137. The molecular weight excluding hydrogens is 453 g/mol. The van der Waals surface area contributed by atoms with Crippen LogP contribution in [-0.4, -0.2) is 24.1 Å². The number of fused-ring (bicyclic) bond motifs is 1. The number of hydrogen-bond acceptors (Lipinski definition) is 5. The van der Waals surface area contributed by atoms with Gasteiger partial charge in [-0.1, -0.05) is 11.6 Å². The fourth-order valence-electron chi connectivity index (χ4n) is 3.06. The van der Waals surface area contributed by atoms with Crippen LogP contribution in [0.25, 0.3) is 0 Å². The van der Waals surface area contributed by atoms with E-state index in [0.717, 1.165) is 12.1 Å². The molecule has 162 valence electrons. The number of nitrogens with zero attached hydrogens (tertiary/aromatic N) is 1. The number of amides is 1. The van der Waals surface area contributed by atoms with E-state index >= 15 is 0 Å². The zero-order valence-corrected chi connectivity index (χ0v) is 17.7. The summed E-state index contributed by atoms with van der Waals surface area (Å²) in [6, 6.07) is 8.09. The van der Waals surface area contributed by atoms with Gasteiger partial charge in [0, 0.05) is 21.9 Å². The molecule has 0 fully saturated rings. The molecule has 31 heavy (non-hydrogen) atoms. The Balaban J connectivity index is 1.51. The smallest absolute Gasteiger partial charge is 0.416 e. The number of ether oxygens (including phenoxy) is 2. The highest BCUT2D eigenvalue weighted by Gasteiger charge is 2.31. The number of benzene rings is 2. The van der Waals surface area contributed by atoms with Crippen LogP contribution in [0, 0.1) is 6.92 Å². The van der Waals surface area contributed by atoms with Crippen molar-refractivity contribution >= 4 is 34.0 Å². The molecule has 5 nitrogen and oxygen atoms in total. The second kappa shape index (κ2) is 8.39. The second-order valence-corrected chi connectivity index (χ2v) is 8.31. The van der Waals surface area contributed by atoms with E-state index in [2.05, 4.69) is 10.3 Å². The molecule has 1 aliphatic heterocycles. The van der Waals surface area contributed by atoms with Crippen molar-refractivity contribution in [1.29, 1.82) is 0 Å². The van der Waals surface area contributed by atoms with Gasteiger partial charge in [0.1, 0.15) is 13.2 Å². The van der Waals surface area contributed by atoms with E-state index in [0.29, 0.717) is 51.5 Å². The summed E-state index contributed by atoms with van der Waals surface area (Å²) in [5.41, 5.74) is 0.560. The molecule has 0 unspecified atom stereocenters. The van der Waals surface area contributed by atoms with Crippen LogP contribution in [0.4, 0.5) is 18.3 Å². The van der Waals surface area contributed by atoms with Crippen LogP contribution >= 0.6 is 22.9 Å². The summed E-state index contributed by atoms with van der Waals surface area (Å²) < 4.78 is 50.0. The standard InChI is InChI=1S/C21H16ClF3N2O3S/c1-11-18(10-13-8-14(21(23,24)25)3-4-15(13)22)31-20(26-11)27-19(28)12-2-5-16-17(9-12)30-7-6-29-16/h2-5,8-9H,6-7,10H2,1H3,(H,26,27,28). The van der Waals surface area contributed by atoms with E-state index in [4.69, 9.17) is 21.1 Å². The number of anilines is 1. The Morgan fingerprint density at radius 1 is 1.16 bits per heavy atom. The van der Waals surface area contributed by atoms with E-state index < -0.39 is 11.7 Å². The van der Waals surface area contributed by atoms with Gasteiger partial charge >= 0.3 is 6.18 Å². The van der Waals surface area contributed by atoms with Crippen LogP contribution in [0.15, 0.2) is 36.4 Å². The molecule has 0 saturated heterocycles.